The van der Waals surface area contributed by atoms with Gasteiger partial charge in [0.15, 0.2) is 0 Å². The minimum absolute atomic E-state index is 0.0738. The van der Waals surface area contributed by atoms with E-state index in [1.165, 1.54) is 32.1 Å². The smallest absolute Gasteiger partial charge is 0.373 e. The largest absolute Gasteiger partial charge is 0.393 e. The molecule has 4 fully saturated rings. The highest BCUT2D eigenvalue weighted by Gasteiger charge is 2.58. The molecule has 0 heterocycles. The van der Waals surface area contributed by atoms with Gasteiger partial charge in [-0.3, -0.25) is 4.79 Å². The summed E-state index contributed by atoms with van der Waals surface area (Å²) in [5.74, 6) is 4.52. The lowest BCUT2D eigenvalue weighted by Crippen LogP contribution is -2.47. The highest BCUT2D eigenvalue weighted by molar-refractivity contribution is 5.83. The predicted octanol–water partition coefficient (Wildman–Crippen LogP) is 2.84. The first-order chi connectivity index (χ1) is 10.9. The second-order valence-corrected chi connectivity index (χ2v) is 8.52. The molecular formula is C19H28O4. The van der Waals surface area contributed by atoms with Crippen LogP contribution in [0.25, 0.3) is 0 Å². The molecule has 128 valence electrons. The third kappa shape index (κ3) is 2.51. The summed E-state index contributed by atoms with van der Waals surface area (Å²) in [4.78, 5) is 28.4. The molecule has 0 aromatic heterocycles. The number of aliphatic hydroxyl groups is 1. The maximum Gasteiger partial charge on any atom is 0.373 e. The first-order valence-electron chi connectivity index (χ1n) is 9.14. The number of Topliss-reactive ketones (excluding diaryl/α,β-unsaturated/α-hetero) is 1. The van der Waals surface area contributed by atoms with Gasteiger partial charge in [0, 0.05) is 12.3 Å². The van der Waals surface area contributed by atoms with E-state index < -0.39 is 0 Å². The Morgan fingerprint density at radius 1 is 1.00 bits per heavy atom. The van der Waals surface area contributed by atoms with E-state index in [0.717, 1.165) is 30.6 Å². The third-order valence-electron chi connectivity index (χ3n) is 7.96. The average molecular weight is 320 g/mol. The number of carbonyl (C=O) groups is 1. The third-order valence-corrected chi connectivity index (χ3v) is 7.96. The fourth-order valence-electron chi connectivity index (χ4n) is 6.73. The number of carbonyl (C=O) groups excluding carboxylic acids is 3. The van der Waals surface area contributed by atoms with Crippen LogP contribution in [-0.4, -0.2) is 23.1 Å². The van der Waals surface area contributed by atoms with Gasteiger partial charge in [-0.25, -0.2) is 0 Å². The van der Waals surface area contributed by atoms with Crippen molar-refractivity contribution in [3.8, 4) is 0 Å². The van der Waals surface area contributed by atoms with E-state index in [1.807, 2.05) is 0 Å². The zero-order chi connectivity index (χ0) is 16.8. The van der Waals surface area contributed by atoms with Crippen molar-refractivity contribution in [2.75, 3.05) is 0 Å². The van der Waals surface area contributed by atoms with Gasteiger partial charge in [-0.15, -0.1) is 0 Å². The SMILES string of the molecule is C[C@@H]1C(=O)C[C@@H]2[C@H]3CC[C@]4(C)[C@@H](O)CC[C@H]4[C@@H]3CC[C@H]21.O=C=O. The lowest BCUT2D eigenvalue weighted by Gasteiger charge is -2.53. The Hall–Kier alpha value is -0.990. The van der Waals surface area contributed by atoms with E-state index in [0.29, 0.717) is 23.5 Å². The van der Waals surface area contributed by atoms with Crippen molar-refractivity contribution in [1.29, 1.82) is 0 Å². The number of aliphatic hydroxyl groups excluding tert-OH is 1. The Morgan fingerprint density at radius 2 is 1.65 bits per heavy atom. The fourth-order valence-corrected chi connectivity index (χ4v) is 6.73. The molecule has 0 bridgehead atoms. The molecule has 0 radical (unpaired) electrons. The molecule has 4 saturated carbocycles. The van der Waals surface area contributed by atoms with Crippen LogP contribution in [0, 0.1) is 40.9 Å². The summed E-state index contributed by atoms with van der Waals surface area (Å²) in [7, 11) is 0. The first kappa shape index (κ1) is 16.9. The van der Waals surface area contributed by atoms with Crippen LogP contribution in [0.2, 0.25) is 0 Å². The van der Waals surface area contributed by atoms with E-state index in [1.54, 1.807) is 0 Å². The first-order valence-corrected chi connectivity index (χ1v) is 9.14. The molecule has 23 heavy (non-hydrogen) atoms. The zero-order valence-corrected chi connectivity index (χ0v) is 14.2. The second-order valence-electron chi connectivity index (χ2n) is 8.52. The van der Waals surface area contributed by atoms with Crippen LogP contribution in [0.15, 0.2) is 0 Å². The monoisotopic (exact) mass is 320 g/mol. The van der Waals surface area contributed by atoms with Crippen LogP contribution in [-0.2, 0) is 14.4 Å². The molecule has 0 aromatic carbocycles. The lowest BCUT2D eigenvalue weighted by molar-refractivity contribution is -0.191. The van der Waals surface area contributed by atoms with E-state index >= 15 is 0 Å². The molecule has 1 N–H and O–H groups in total. The molecular weight excluding hydrogens is 292 g/mol. The summed E-state index contributed by atoms with van der Waals surface area (Å²) in [5.41, 5.74) is 0.183. The van der Waals surface area contributed by atoms with Crippen molar-refractivity contribution < 1.29 is 19.5 Å². The van der Waals surface area contributed by atoms with Crippen LogP contribution in [0.5, 0.6) is 0 Å². The van der Waals surface area contributed by atoms with Crippen molar-refractivity contribution in [3.05, 3.63) is 0 Å². The topological polar surface area (TPSA) is 71.4 Å². The summed E-state index contributed by atoms with van der Waals surface area (Å²) < 4.78 is 0. The lowest BCUT2D eigenvalue weighted by atomic mass is 9.52. The molecule has 0 aliphatic heterocycles. The Labute approximate surface area is 138 Å². The molecule has 4 nitrogen and oxygen atoms in total. The standard InChI is InChI=1S/C18H28O2.CO2/c1-10-11-3-4-13-12(14(11)9-16(10)19)7-8-18(2)15(13)5-6-17(18)20;2-1-3/h10-15,17,20H,3-9H2,1-2H3;/t10-,11-,12-,13+,14-,15-,17-,18-;/m0./s1. The van der Waals surface area contributed by atoms with Crippen molar-refractivity contribution in [3.63, 3.8) is 0 Å². The molecule has 4 heteroatoms. The van der Waals surface area contributed by atoms with Gasteiger partial charge in [0.2, 0.25) is 0 Å². The Morgan fingerprint density at radius 3 is 2.35 bits per heavy atom. The molecule has 0 aromatic rings. The zero-order valence-electron chi connectivity index (χ0n) is 14.2. The van der Waals surface area contributed by atoms with Gasteiger partial charge in [-0.2, -0.15) is 9.59 Å². The van der Waals surface area contributed by atoms with Gasteiger partial charge >= 0.3 is 6.15 Å². The summed E-state index contributed by atoms with van der Waals surface area (Å²) in [6.07, 6.45) is 8.29. The fraction of sp³-hybridized carbons (Fsp3) is 0.895. The molecule has 0 saturated heterocycles. The maximum absolute atomic E-state index is 12.1. The Bertz CT molecular complexity index is 509. The van der Waals surface area contributed by atoms with Crippen LogP contribution >= 0.6 is 0 Å². The number of hydrogen-bond acceptors (Lipinski definition) is 4. The summed E-state index contributed by atoms with van der Waals surface area (Å²) in [6, 6.07) is 0. The number of ketones is 1. The van der Waals surface area contributed by atoms with E-state index in [4.69, 9.17) is 9.59 Å². The van der Waals surface area contributed by atoms with E-state index in [2.05, 4.69) is 13.8 Å². The summed E-state index contributed by atoms with van der Waals surface area (Å²) in [6.45, 7) is 4.50. The van der Waals surface area contributed by atoms with Gasteiger partial charge in [-0.1, -0.05) is 13.8 Å². The Kier molecular flexibility index (Phi) is 4.50. The van der Waals surface area contributed by atoms with Crippen LogP contribution in [0.1, 0.15) is 58.8 Å². The van der Waals surface area contributed by atoms with E-state index in [-0.39, 0.29) is 17.7 Å². The average Bonchev–Trinajstić information content (AvgIpc) is 2.98. The van der Waals surface area contributed by atoms with Crippen LogP contribution in [0.4, 0.5) is 0 Å². The molecule has 4 aliphatic rings. The van der Waals surface area contributed by atoms with Crippen molar-refractivity contribution in [1.82, 2.24) is 0 Å². The molecule has 0 amide bonds. The second kappa shape index (κ2) is 6.14. The highest BCUT2D eigenvalue weighted by Crippen LogP contribution is 2.63. The van der Waals surface area contributed by atoms with Gasteiger partial charge < -0.3 is 5.11 Å². The van der Waals surface area contributed by atoms with Crippen LogP contribution in [0.3, 0.4) is 0 Å². The maximum atomic E-state index is 12.1. The van der Waals surface area contributed by atoms with Gasteiger partial charge in [0.05, 0.1) is 6.10 Å². The van der Waals surface area contributed by atoms with Gasteiger partial charge in [0.1, 0.15) is 5.78 Å². The normalized spacial score (nSPS) is 50.9. The predicted molar refractivity (Wildman–Crippen MR) is 83.1 cm³/mol. The van der Waals surface area contributed by atoms with Crippen molar-refractivity contribution >= 4 is 11.9 Å². The minimum atomic E-state index is -0.0738. The Balaban J connectivity index is 0.000000485. The number of rotatable bonds is 0. The van der Waals surface area contributed by atoms with E-state index in [9.17, 15) is 9.90 Å². The molecule has 4 aliphatic carbocycles. The number of hydrogen-bond donors (Lipinski definition) is 1. The van der Waals surface area contributed by atoms with Crippen molar-refractivity contribution in [2.45, 2.75) is 64.9 Å². The highest BCUT2D eigenvalue weighted by atomic mass is 16.3. The quantitative estimate of drug-likeness (QED) is 0.745. The summed E-state index contributed by atoms with van der Waals surface area (Å²) >= 11 is 0. The van der Waals surface area contributed by atoms with Crippen molar-refractivity contribution in [2.24, 2.45) is 40.9 Å². The van der Waals surface area contributed by atoms with Gasteiger partial charge in [-0.05, 0) is 73.5 Å². The number of fused-ring (bicyclic) bond motifs is 5. The molecule has 0 unspecified atom stereocenters. The molecule has 8 atom stereocenters. The molecule has 4 rings (SSSR count). The van der Waals surface area contributed by atoms with Crippen LogP contribution < -0.4 is 0 Å². The summed E-state index contributed by atoms with van der Waals surface area (Å²) in [5, 5.41) is 10.4. The van der Waals surface area contributed by atoms with Gasteiger partial charge in [0.25, 0.3) is 0 Å². The minimum Gasteiger partial charge on any atom is -0.393 e. The molecule has 0 spiro atoms.